The van der Waals surface area contributed by atoms with Crippen LogP contribution in [0.3, 0.4) is 0 Å². The van der Waals surface area contributed by atoms with Gasteiger partial charge in [-0.2, -0.15) is 4.98 Å². The fourth-order valence-corrected chi connectivity index (χ4v) is 2.51. The topological polar surface area (TPSA) is 71.3 Å². The van der Waals surface area contributed by atoms with Crippen LogP contribution in [0.15, 0.2) is 53.1 Å². The first kappa shape index (κ1) is 17.9. The molecule has 6 nitrogen and oxygen atoms in total. The normalized spacial score (nSPS) is 10.6. The molecule has 0 aliphatic heterocycles. The summed E-state index contributed by atoms with van der Waals surface area (Å²) in [7, 11) is 3.94. The second-order valence-electron chi connectivity index (χ2n) is 6.00. The highest BCUT2D eigenvalue weighted by atomic mass is 35.5. The van der Waals surface area contributed by atoms with Crippen molar-refractivity contribution in [2.45, 2.75) is 6.42 Å². The van der Waals surface area contributed by atoms with Gasteiger partial charge in [0.05, 0.1) is 0 Å². The van der Waals surface area contributed by atoms with Gasteiger partial charge in [0.1, 0.15) is 0 Å². The molecule has 2 aromatic carbocycles. The predicted molar refractivity (Wildman–Crippen MR) is 102 cm³/mol. The molecule has 3 aromatic rings. The number of nitrogens with one attached hydrogen (secondary N) is 1. The minimum atomic E-state index is -0.386. The second-order valence-corrected chi connectivity index (χ2v) is 6.43. The number of aromatic nitrogens is 2. The summed E-state index contributed by atoms with van der Waals surface area (Å²) in [4.78, 5) is 18.3. The first-order valence-electron chi connectivity index (χ1n) is 8.17. The monoisotopic (exact) mass is 370 g/mol. The number of carbonyl (C=O) groups is 1. The highest BCUT2D eigenvalue weighted by Gasteiger charge is 2.15. The zero-order valence-electron chi connectivity index (χ0n) is 14.6. The van der Waals surface area contributed by atoms with Gasteiger partial charge in [-0.3, -0.25) is 4.79 Å². The number of hydrogen-bond acceptors (Lipinski definition) is 5. The summed E-state index contributed by atoms with van der Waals surface area (Å²) in [6.07, 6.45) is 0.690. The van der Waals surface area contributed by atoms with E-state index in [1.807, 2.05) is 67.5 Å². The molecule has 0 saturated heterocycles. The van der Waals surface area contributed by atoms with Crippen LogP contribution in [0.5, 0.6) is 0 Å². The Hall–Kier alpha value is -2.86. The summed E-state index contributed by atoms with van der Waals surface area (Å²) in [5.74, 6) is -0.0476. The Morgan fingerprint density at radius 1 is 1.12 bits per heavy atom. The van der Waals surface area contributed by atoms with Crippen molar-refractivity contribution in [2.75, 3.05) is 25.5 Å². The third-order valence-electron chi connectivity index (χ3n) is 3.87. The maximum absolute atomic E-state index is 12.1. The van der Waals surface area contributed by atoms with E-state index in [-0.39, 0.29) is 11.8 Å². The van der Waals surface area contributed by atoms with Crippen molar-refractivity contribution < 1.29 is 9.32 Å². The summed E-state index contributed by atoms with van der Waals surface area (Å²) in [5.41, 5.74) is 2.94. The highest BCUT2D eigenvalue weighted by molar-refractivity contribution is 6.30. The van der Waals surface area contributed by atoms with Crippen LogP contribution in [-0.4, -0.2) is 36.7 Å². The van der Waals surface area contributed by atoms with Crippen LogP contribution in [0.1, 0.15) is 16.2 Å². The number of halogens is 1. The molecule has 0 radical (unpaired) electrons. The van der Waals surface area contributed by atoms with Crippen LogP contribution in [0, 0.1) is 0 Å². The predicted octanol–water partition coefficient (Wildman–Crippen LogP) is 3.43. The average Bonchev–Trinajstić information content (AvgIpc) is 3.13. The number of benzene rings is 2. The van der Waals surface area contributed by atoms with Crippen LogP contribution in [-0.2, 0) is 6.42 Å². The molecular weight excluding hydrogens is 352 g/mol. The van der Waals surface area contributed by atoms with Crippen molar-refractivity contribution in [1.82, 2.24) is 15.5 Å². The van der Waals surface area contributed by atoms with Crippen LogP contribution >= 0.6 is 11.6 Å². The molecule has 134 valence electrons. The van der Waals surface area contributed by atoms with Gasteiger partial charge < -0.3 is 14.7 Å². The first-order valence-corrected chi connectivity index (χ1v) is 8.55. The van der Waals surface area contributed by atoms with E-state index < -0.39 is 0 Å². The summed E-state index contributed by atoms with van der Waals surface area (Å²) < 4.78 is 5.08. The van der Waals surface area contributed by atoms with Crippen LogP contribution < -0.4 is 10.2 Å². The number of hydrogen-bond donors (Lipinski definition) is 1. The van der Waals surface area contributed by atoms with Gasteiger partial charge in [0.15, 0.2) is 0 Å². The molecule has 0 unspecified atom stereocenters. The Bertz CT molecular complexity index is 873. The molecule has 0 spiro atoms. The van der Waals surface area contributed by atoms with E-state index in [0.29, 0.717) is 23.8 Å². The SMILES string of the molecule is CN(C)c1ccc(-c2noc(C(=O)NCCc3ccc(Cl)cc3)n2)cc1. The highest BCUT2D eigenvalue weighted by Crippen LogP contribution is 2.20. The first-order chi connectivity index (χ1) is 12.5. The zero-order valence-corrected chi connectivity index (χ0v) is 15.3. The lowest BCUT2D eigenvalue weighted by Gasteiger charge is -2.11. The van der Waals surface area contributed by atoms with Crippen molar-refractivity contribution in [2.24, 2.45) is 0 Å². The standard InChI is InChI=1S/C19H19ClN4O2/c1-24(2)16-9-5-14(6-10-16)17-22-19(26-23-17)18(25)21-12-11-13-3-7-15(20)8-4-13/h3-10H,11-12H2,1-2H3,(H,21,25). The quantitative estimate of drug-likeness (QED) is 0.719. The Morgan fingerprint density at radius 2 is 1.81 bits per heavy atom. The zero-order chi connectivity index (χ0) is 18.5. The maximum Gasteiger partial charge on any atom is 0.316 e. The van der Waals surface area contributed by atoms with Crippen molar-refractivity contribution in [1.29, 1.82) is 0 Å². The molecule has 3 rings (SSSR count). The van der Waals surface area contributed by atoms with Crippen molar-refractivity contribution in [3.05, 3.63) is 65.0 Å². The third-order valence-corrected chi connectivity index (χ3v) is 4.13. The Morgan fingerprint density at radius 3 is 2.46 bits per heavy atom. The minimum absolute atomic E-state index is 0.0483. The van der Waals surface area contributed by atoms with E-state index in [0.717, 1.165) is 16.8 Å². The van der Waals surface area contributed by atoms with E-state index in [1.54, 1.807) is 0 Å². The van der Waals surface area contributed by atoms with Gasteiger partial charge in [-0.05, 0) is 48.4 Å². The van der Waals surface area contributed by atoms with E-state index in [4.69, 9.17) is 16.1 Å². The van der Waals surface area contributed by atoms with Crippen LogP contribution in [0.4, 0.5) is 5.69 Å². The second kappa shape index (κ2) is 8.01. The summed E-state index contributed by atoms with van der Waals surface area (Å²) in [5, 5.41) is 7.35. The average molecular weight is 371 g/mol. The summed E-state index contributed by atoms with van der Waals surface area (Å²) in [6.45, 7) is 0.468. The summed E-state index contributed by atoms with van der Waals surface area (Å²) in [6, 6.07) is 15.2. The van der Waals surface area contributed by atoms with Gasteiger partial charge in [0.2, 0.25) is 5.82 Å². The van der Waals surface area contributed by atoms with E-state index in [2.05, 4.69) is 15.5 Å². The van der Waals surface area contributed by atoms with Crippen molar-refractivity contribution in [3.63, 3.8) is 0 Å². The van der Waals surface area contributed by atoms with Crippen LogP contribution in [0.25, 0.3) is 11.4 Å². The van der Waals surface area contributed by atoms with Gasteiger partial charge in [-0.15, -0.1) is 0 Å². The molecular formula is C19H19ClN4O2. The Kier molecular flexibility index (Phi) is 5.53. The molecule has 1 amide bonds. The molecule has 1 N–H and O–H groups in total. The van der Waals surface area contributed by atoms with E-state index >= 15 is 0 Å². The molecule has 1 heterocycles. The number of amides is 1. The summed E-state index contributed by atoms with van der Waals surface area (Å²) >= 11 is 5.85. The number of rotatable bonds is 6. The van der Waals surface area contributed by atoms with E-state index in [1.165, 1.54) is 0 Å². The lowest BCUT2D eigenvalue weighted by molar-refractivity contribution is 0.0910. The van der Waals surface area contributed by atoms with Gasteiger partial charge in [0.25, 0.3) is 0 Å². The third kappa shape index (κ3) is 4.40. The minimum Gasteiger partial charge on any atom is -0.378 e. The Labute approximate surface area is 156 Å². The Balaban J connectivity index is 1.58. The molecule has 0 atom stereocenters. The molecule has 7 heteroatoms. The van der Waals surface area contributed by atoms with Gasteiger partial charge in [-0.1, -0.05) is 28.9 Å². The van der Waals surface area contributed by atoms with Crippen molar-refractivity contribution >= 4 is 23.2 Å². The largest absolute Gasteiger partial charge is 0.378 e. The maximum atomic E-state index is 12.1. The number of anilines is 1. The number of carbonyl (C=O) groups excluding carboxylic acids is 1. The number of nitrogens with zero attached hydrogens (tertiary/aromatic N) is 3. The molecule has 1 aromatic heterocycles. The smallest absolute Gasteiger partial charge is 0.316 e. The van der Waals surface area contributed by atoms with Gasteiger partial charge >= 0.3 is 11.8 Å². The molecule has 0 aliphatic rings. The lowest BCUT2D eigenvalue weighted by atomic mass is 10.1. The van der Waals surface area contributed by atoms with E-state index in [9.17, 15) is 4.79 Å². The molecule has 0 saturated carbocycles. The fraction of sp³-hybridized carbons (Fsp3) is 0.211. The van der Waals surface area contributed by atoms with Crippen LogP contribution in [0.2, 0.25) is 5.02 Å². The van der Waals surface area contributed by atoms with Gasteiger partial charge in [-0.25, -0.2) is 0 Å². The molecule has 0 bridgehead atoms. The van der Waals surface area contributed by atoms with Gasteiger partial charge in [0, 0.05) is 36.9 Å². The fourth-order valence-electron chi connectivity index (χ4n) is 2.39. The lowest BCUT2D eigenvalue weighted by Crippen LogP contribution is -2.25. The molecule has 0 aliphatic carbocycles. The van der Waals surface area contributed by atoms with Crippen molar-refractivity contribution in [3.8, 4) is 11.4 Å². The molecule has 0 fully saturated rings. The molecule has 26 heavy (non-hydrogen) atoms.